The summed E-state index contributed by atoms with van der Waals surface area (Å²) in [4.78, 5) is 15.7. The summed E-state index contributed by atoms with van der Waals surface area (Å²) in [5, 5.41) is 10.3. The quantitative estimate of drug-likeness (QED) is 0.847. The molecule has 3 N–H and O–H groups in total. The molecular weight excluding hydrogens is 282 g/mol. The molecule has 114 valence electrons. The van der Waals surface area contributed by atoms with E-state index in [9.17, 15) is 10.0 Å². The molecule has 1 amide bonds. The van der Waals surface area contributed by atoms with Crippen molar-refractivity contribution < 1.29 is 14.7 Å². The number of amides is 1. The van der Waals surface area contributed by atoms with Crippen LogP contribution in [0.1, 0.15) is 18.1 Å². The van der Waals surface area contributed by atoms with Crippen molar-refractivity contribution in [2.45, 2.75) is 25.8 Å². The van der Waals surface area contributed by atoms with Crippen LogP contribution in [0.25, 0.3) is 0 Å². The zero-order valence-corrected chi connectivity index (χ0v) is 12.2. The van der Waals surface area contributed by atoms with Crippen molar-refractivity contribution in [2.24, 2.45) is 5.73 Å². The van der Waals surface area contributed by atoms with Gasteiger partial charge in [-0.3, -0.25) is 10.0 Å². The third-order valence-electron chi connectivity index (χ3n) is 3.63. The summed E-state index contributed by atoms with van der Waals surface area (Å²) in [6.45, 7) is 2.08. The maximum atomic E-state index is 11.6. The van der Waals surface area contributed by atoms with Crippen LogP contribution in [0.15, 0.2) is 36.5 Å². The molecule has 3 rings (SSSR count). The zero-order valence-electron chi connectivity index (χ0n) is 12.2. The Balaban J connectivity index is 1.87. The fraction of sp³-hybridized carbons (Fsp3) is 0.250. The number of carbonyl (C=O) groups excluding carboxylic acids is 1. The van der Waals surface area contributed by atoms with Gasteiger partial charge < -0.3 is 10.5 Å². The molecule has 0 saturated heterocycles. The lowest BCUT2D eigenvalue weighted by atomic mass is 10.0. The fourth-order valence-corrected chi connectivity index (χ4v) is 2.43. The number of aromatic nitrogens is 1. The normalized spacial score (nSPS) is 17.3. The summed E-state index contributed by atoms with van der Waals surface area (Å²) in [5.41, 5.74) is 7.56. The molecule has 1 atom stereocenters. The second-order valence-corrected chi connectivity index (χ2v) is 5.22. The van der Waals surface area contributed by atoms with Gasteiger partial charge in [0.2, 0.25) is 0 Å². The van der Waals surface area contributed by atoms with Crippen molar-refractivity contribution >= 4 is 11.7 Å². The maximum Gasteiger partial charge on any atom is 0.269 e. The number of benzene rings is 1. The number of pyridine rings is 1. The SMILES string of the molecule is CCc1cccc(Oc2cnc3c(c2)C[C@H](N)C(=O)N3O)c1. The Labute approximate surface area is 128 Å². The number of nitrogens with two attached hydrogens (primary N) is 1. The molecule has 0 fully saturated rings. The molecule has 0 radical (unpaired) electrons. The van der Waals surface area contributed by atoms with Crippen molar-refractivity contribution in [2.75, 3.05) is 5.06 Å². The van der Waals surface area contributed by atoms with E-state index < -0.39 is 11.9 Å². The standard InChI is InChI=1S/C16H17N3O3/c1-2-10-4-3-5-12(6-10)22-13-7-11-8-14(17)16(20)19(21)15(11)18-9-13/h3-7,9,14,21H,2,8,17H2,1H3/t14-/m0/s1. The fourth-order valence-electron chi connectivity index (χ4n) is 2.43. The summed E-state index contributed by atoms with van der Waals surface area (Å²) in [6.07, 6.45) is 2.73. The van der Waals surface area contributed by atoms with Crippen molar-refractivity contribution in [3.63, 3.8) is 0 Å². The van der Waals surface area contributed by atoms with E-state index in [1.807, 2.05) is 24.3 Å². The van der Waals surface area contributed by atoms with Gasteiger partial charge in [-0.05, 0) is 30.2 Å². The third-order valence-corrected chi connectivity index (χ3v) is 3.63. The van der Waals surface area contributed by atoms with Crippen LogP contribution in [0.5, 0.6) is 11.5 Å². The Morgan fingerprint density at radius 2 is 2.23 bits per heavy atom. The molecule has 6 heteroatoms. The highest BCUT2D eigenvalue weighted by atomic mass is 16.5. The average Bonchev–Trinajstić information content (AvgIpc) is 2.53. The molecule has 0 aliphatic carbocycles. The van der Waals surface area contributed by atoms with Gasteiger partial charge >= 0.3 is 0 Å². The minimum absolute atomic E-state index is 0.210. The highest BCUT2D eigenvalue weighted by Crippen LogP contribution is 2.29. The number of aryl methyl sites for hydroxylation is 1. The third kappa shape index (κ3) is 2.66. The largest absolute Gasteiger partial charge is 0.456 e. The molecule has 22 heavy (non-hydrogen) atoms. The molecule has 1 aromatic carbocycles. The van der Waals surface area contributed by atoms with Crippen molar-refractivity contribution in [3.8, 4) is 11.5 Å². The van der Waals surface area contributed by atoms with Crippen LogP contribution >= 0.6 is 0 Å². The number of rotatable bonds is 3. The molecule has 6 nitrogen and oxygen atoms in total. The van der Waals surface area contributed by atoms with Crippen LogP contribution < -0.4 is 15.5 Å². The molecule has 1 aromatic heterocycles. The van der Waals surface area contributed by atoms with Crippen LogP contribution in [0, 0.1) is 0 Å². The number of hydrogen-bond acceptors (Lipinski definition) is 5. The molecule has 0 saturated carbocycles. The van der Waals surface area contributed by atoms with Crippen molar-refractivity contribution in [3.05, 3.63) is 47.7 Å². The van der Waals surface area contributed by atoms with E-state index in [2.05, 4.69) is 11.9 Å². The second-order valence-electron chi connectivity index (χ2n) is 5.22. The Bertz CT molecular complexity index is 718. The minimum atomic E-state index is -0.766. The van der Waals surface area contributed by atoms with E-state index >= 15 is 0 Å². The summed E-state index contributed by atoms with van der Waals surface area (Å²) in [7, 11) is 0. The first-order valence-electron chi connectivity index (χ1n) is 7.12. The zero-order chi connectivity index (χ0) is 15.7. The van der Waals surface area contributed by atoms with Crippen LogP contribution in [-0.2, 0) is 17.6 Å². The van der Waals surface area contributed by atoms with Crippen LogP contribution in [0.3, 0.4) is 0 Å². The maximum absolute atomic E-state index is 11.6. The predicted molar refractivity (Wildman–Crippen MR) is 81.1 cm³/mol. The molecule has 2 aromatic rings. The molecular formula is C16H17N3O3. The number of carbonyl (C=O) groups is 1. The molecule has 0 bridgehead atoms. The van der Waals surface area contributed by atoms with E-state index in [4.69, 9.17) is 10.5 Å². The van der Waals surface area contributed by atoms with E-state index in [0.29, 0.717) is 22.8 Å². The van der Waals surface area contributed by atoms with Crippen molar-refractivity contribution in [1.82, 2.24) is 4.98 Å². The van der Waals surface area contributed by atoms with E-state index in [-0.39, 0.29) is 5.82 Å². The van der Waals surface area contributed by atoms with Gasteiger partial charge in [-0.15, -0.1) is 0 Å². The number of hydrogen-bond donors (Lipinski definition) is 2. The first-order chi connectivity index (χ1) is 10.6. The van der Waals surface area contributed by atoms with Crippen LogP contribution in [-0.4, -0.2) is 22.1 Å². The predicted octanol–water partition coefficient (Wildman–Crippen LogP) is 2.04. The van der Waals surface area contributed by atoms with Gasteiger partial charge in [0, 0.05) is 12.0 Å². The second kappa shape index (κ2) is 5.75. The lowest BCUT2D eigenvalue weighted by Crippen LogP contribution is -2.47. The minimum Gasteiger partial charge on any atom is -0.456 e. The molecule has 0 spiro atoms. The Hall–Kier alpha value is -2.44. The van der Waals surface area contributed by atoms with Gasteiger partial charge in [-0.2, -0.15) is 5.06 Å². The monoisotopic (exact) mass is 299 g/mol. The Morgan fingerprint density at radius 3 is 3.00 bits per heavy atom. The number of anilines is 1. The number of hydroxylamine groups is 1. The van der Waals surface area contributed by atoms with Crippen LogP contribution in [0.2, 0.25) is 0 Å². The van der Waals surface area contributed by atoms with Gasteiger partial charge in [0.15, 0.2) is 5.82 Å². The van der Waals surface area contributed by atoms with Gasteiger partial charge in [0.05, 0.1) is 12.2 Å². The average molecular weight is 299 g/mol. The highest BCUT2D eigenvalue weighted by molar-refractivity contribution is 5.97. The van der Waals surface area contributed by atoms with Crippen LogP contribution in [0.4, 0.5) is 5.82 Å². The Morgan fingerprint density at radius 1 is 1.41 bits per heavy atom. The topological polar surface area (TPSA) is 88.7 Å². The molecule has 2 heterocycles. The summed E-state index contributed by atoms with van der Waals surface area (Å²) in [6, 6.07) is 8.78. The summed E-state index contributed by atoms with van der Waals surface area (Å²) < 4.78 is 5.80. The van der Waals surface area contributed by atoms with Gasteiger partial charge in [0.1, 0.15) is 11.5 Å². The highest BCUT2D eigenvalue weighted by Gasteiger charge is 2.31. The van der Waals surface area contributed by atoms with E-state index in [0.717, 1.165) is 12.2 Å². The smallest absolute Gasteiger partial charge is 0.269 e. The van der Waals surface area contributed by atoms with Crippen molar-refractivity contribution in [1.29, 1.82) is 0 Å². The molecule has 1 aliphatic rings. The number of ether oxygens (including phenoxy) is 1. The lowest BCUT2D eigenvalue weighted by Gasteiger charge is -2.26. The summed E-state index contributed by atoms with van der Waals surface area (Å²) in [5.74, 6) is 0.922. The van der Waals surface area contributed by atoms with E-state index in [1.165, 1.54) is 11.8 Å². The Kier molecular flexibility index (Phi) is 3.79. The molecule has 0 unspecified atom stereocenters. The van der Waals surface area contributed by atoms with Gasteiger partial charge in [-0.25, -0.2) is 4.98 Å². The molecule has 1 aliphatic heterocycles. The first-order valence-corrected chi connectivity index (χ1v) is 7.12. The number of fused-ring (bicyclic) bond motifs is 1. The van der Waals surface area contributed by atoms with Gasteiger partial charge in [-0.1, -0.05) is 19.1 Å². The summed E-state index contributed by atoms with van der Waals surface area (Å²) >= 11 is 0. The van der Waals surface area contributed by atoms with Gasteiger partial charge in [0.25, 0.3) is 5.91 Å². The first kappa shape index (κ1) is 14.5. The number of nitrogens with zero attached hydrogens (tertiary/aromatic N) is 2. The van der Waals surface area contributed by atoms with E-state index in [1.54, 1.807) is 6.07 Å². The lowest BCUT2D eigenvalue weighted by molar-refractivity contribution is -0.125.